The van der Waals surface area contributed by atoms with E-state index >= 15 is 0 Å². The maximum absolute atomic E-state index is 11.7. The third-order valence-electron chi connectivity index (χ3n) is 3.17. The Kier molecular flexibility index (Phi) is 5.76. The van der Waals surface area contributed by atoms with Crippen LogP contribution in [0.4, 0.5) is 0 Å². The van der Waals surface area contributed by atoms with E-state index in [1.165, 1.54) is 5.56 Å². The van der Waals surface area contributed by atoms with Crippen molar-refractivity contribution in [3.63, 3.8) is 0 Å². The fraction of sp³-hybridized carbons (Fsp3) is 0.294. The van der Waals surface area contributed by atoms with Crippen molar-refractivity contribution in [1.29, 1.82) is 0 Å². The molecule has 1 aromatic heterocycles. The standard InChI is InChI=1S/C17H20N2O2/c1-2-14-3-5-16(6-4-14)21-12-9-17(20)19-13-15-7-10-18-11-8-15/h3-8,10-11H,2,9,12-13H2,1H3,(H,19,20). The van der Waals surface area contributed by atoms with Crippen LogP contribution in [0.25, 0.3) is 0 Å². The van der Waals surface area contributed by atoms with Gasteiger partial charge in [-0.1, -0.05) is 19.1 Å². The molecule has 0 saturated carbocycles. The van der Waals surface area contributed by atoms with E-state index in [0.717, 1.165) is 17.7 Å². The van der Waals surface area contributed by atoms with Gasteiger partial charge in [0.05, 0.1) is 13.0 Å². The average molecular weight is 284 g/mol. The number of pyridine rings is 1. The molecule has 21 heavy (non-hydrogen) atoms. The van der Waals surface area contributed by atoms with Crippen molar-refractivity contribution in [2.24, 2.45) is 0 Å². The fourth-order valence-electron chi connectivity index (χ4n) is 1.87. The second-order valence-corrected chi connectivity index (χ2v) is 4.73. The second-order valence-electron chi connectivity index (χ2n) is 4.73. The van der Waals surface area contributed by atoms with Crippen molar-refractivity contribution >= 4 is 5.91 Å². The first-order valence-corrected chi connectivity index (χ1v) is 7.15. The first kappa shape index (κ1) is 15.0. The summed E-state index contributed by atoms with van der Waals surface area (Å²) in [5, 5.41) is 2.86. The zero-order valence-corrected chi connectivity index (χ0v) is 12.2. The molecule has 4 nitrogen and oxygen atoms in total. The van der Waals surface area contributed by atoms with Crippen molar-refractivity contribution < 1.29 is 9.53 Å². The Bertz CT molecular complexity index is 553. The van der Waals surface area contributed by atoms with E-state index in [1.807, 2.05) is 36.4 Å². The number of aromatic nitrogens is 1. The van der Waals surface area contributed by atoms with Gasteiger partial charge in [-0.3, -0.25) is 9.78 Å². The number of amides is 1. The van der Waals surface area contributed by atoms with Crippen LogP contribution in [0.1, 0.15) is 24.5 Å². The Balaban J connectivity index is 1.66. The van der Waals surface area contributed by atoms with Crippen LogP contribution >= 0.6 is 0 Å². The highest BCUT2D eigenvalue weighted by molar-refractivity contribution is 5.75. The van der Waals surface area contributed by atoms with Gasteiger partial charge in [-0.15, -0.1) is 0 Å². The van der Waals surface area contributed by atoms with Gasteiger partial charge in [-0.25, -0.2) is 0 Å². The summed E-state index contributed by atoms with van der Waals surface area (Å²) in [5.74, 6) is 0.783. The Morgan fingerprint density at radius 1 is 1.10 bits per heavy atom. The molecule has 4 heteroatoms. The number of aryl methyl sites for hydroxylation is 1. The molecular weight excluding hydrogens is 264 g/mol. The summed E-state index contributed by atoms with van der Waals surface area (Å²) in [6.45, 7) is 3.02. The Labute approximate surface area is 125 Å². The highest BCUT2D eigenvalue weighted by Crippen LogP contribution is 2.12. The average Bonchev–Trinajstić information content (AvgIpc) is 2.54. The highest BCUT2D eigenvalue weighted by Gasteiger charge is 2.02. The molecule has 1 heterocycles. The lowest BCUT2D eigenvalue weighted by Crippen LogP contribution is -2.24. The van der Waals surface area contributed by atoms with Crippen LogP contribution in [-0.4, -0.2) is 17.5 Å². The molecule has 110 valence electrons. The lowest BCUT2D eigenvalue weighted by molar-refractivity contribution is -0.121. The van der Waals surface area contributed by atoms with E-state index in [0.29, 0.717) is 19.6 Å². The minimum atomic E-state index is -0.0167. The van der Waals surface area contributed by atoms with E-state index in [-0.39, 0.29) is 5.91 Å². The number of nitrogens with one attached hydrogen (secondary N) is 1. The molecule has 0 aliphatic rings. The lowest BCUT2D eigenvalue weighted by atomic mass is 10.2. The molecule has 1 N–H and O–H groups in total. The first-order valence-electron chi connectivity index (χ1n) is 7.15. The smallest absolute Gasteiger partial charge is 0.223 e. The molecule has 0 saturated heterocycles. The van der Waals surface area contributed by atoms with E-state index in [2.05, 4.69) is 17.2 Å². The quantitative estimate of drug-likeness (QED) is 0.850. The minimum absolute atomic E-state index is 0.0167. The number of benzene rings is 1. The van der Waals surface area contributed by atoms with Crippen molar-refractivity contribution in [2.75, 3.05) is 6.61 Å². The van der Waals surface area contributed by atoms with Gasteiger partial charge in [0.2, 0.25) is 5.91 Å². The van der Waals surface area contributed by atoms with Gasteiger partial charge in [-0.05, 0) is 41.8 Å². The maximum Gasteiger partial charge on any atom is 0.223 e. The van der Waals surface area contributed by atoms with Gasteiger partial charge in [0.25, 0.3) is 0 Å². The topological polar surface area (TPSA) is 51.2 Å². The molecule has 0 aliphatic carbocycles. The normalized spacial score (nSPS) is 10.1. The van der Waals surface area contributed by atoms with Gasteiger partial charge in [-0.2, -0.15) is 0 Å². The molecule has 0 fully saturated rings. The summed E-state index contributed by atoms with van der Waals surface area (Å²) in [6.07, 6.45) is 4.79. The van der Waals surface area contributed by atoms with Gasteiger partial charge in [0.15, 0.2) is 0 Å². The Morgan fingerprint density at radius 2 is 1.81 bits per heavy atom. The fourth-order valence-corrected chi connectivity index (χ4v) is 1.87. The van der Waals surface area contributed by atoms with Crippen molar-refractivity contribution in [3.05, 3.63) is 59.9 Å². The number of carbonyl (C=O) groups excluding carboxylic acids is 1. The number of nitrogens with zero attached hydrogens (tertiary/aromatic N) is 1. The van der Waals surface area contributed by atoms with Crippen LogP contribution in [0.15, 0.2) is 48.8 Å². The third kappa shape index (κ3) is 5.26. The molecule has 0 spiro atoms. The van der Waals surface area contributed by atoms with Crippen LogP contribution in [0, 0.1) is 0 Å². The number of hydrogen-bond acceptors (Lipinski definition) is 3. The third-order valence-corrected chi connectivity index (χ3v) is 3.17. The molecule has 0 radical (unpaired) electrons. The van der Waals surface area contributed by atoms with Crippen LogP contribution in [0.2, 0.25) is 0 Å². The van der Waals surface area contributed by atoms with E-state index in [4.69, 9.17) is 4.74 Å². The molecule has 1 aromatic carbocycles. The zero-order valence-electron chi connectivity index (χ0n) is 12.2. The maximum atomic E-state index is 11.7. The molecule has 0 aliphatic heterocycles. The van der Waals surface area contributed by atoms with Gasteiger partial charge < -0.3 is 10.1 Å². The van der Waals surface area contributed by atoms with Crippen molar-refractivity contribution in [3.8, 4) is 5.75 Å². The summed E-state index contributed by atoms with van der Waals surface area (Å²) in [7, 11) is 0. The minimum Gasteiger partial charge on any atom is -0.493 e. The predicted molar refractivity (Wildman–Crippen MR) is 82.0 cm³/mol. The largest absolute Gasteiger partial charge is 0.493 e. The number of carbonyl (C=O) groups is 1. The van der Waals surface area contributed by atoms with Crippen molar-refractivity contribution in [2.45, 2.75) is 26.3 Å². The molecule has 0 bridgehead atoms. The summed E-state index contributed by atoms with van der Waals surface area (Å²) in [6, 6.07) is 11.7. The molecule has 0 unspecified atom stereocenters. The number of rotatable bonds is 7. The molecule has 0 atom stereocenters. The highest BCUT2D eigenvalue weighted by atomic mass is 16.5. The van der Waals surface area contributed by atoms with E-state index in [1.54, 1.807) is 12.4 Å². The summed E-state index contributed by atoms with van der Waals surface area (Å²) in [5.41, 5.74) is 2.31. The number of hydrogen-bond donors (Lipinski definition) is 1. The lowest BCUT2D eigenvalue weighted by Gasteiger charge is -2.08. The van der Waals surface area contributed by atoms with Crippen molar-refractivity contribution in [1.82, 2.24) is 10.3 Å². The van der Waals surface area contributed by atoms with Crippen LogP contribution in [-0.2, 0) is 17.8 Å². The molecular formula is C17H20N2O2. The van der Waals surface area contributed by atoms with Crippen LogP contribution in [0.5, 0.6) is 5.75 Å². The van der Waals surface area contributed by atoms with Gasteiger partial charge >= 0.3 is 0 Å². The van der Waals surface area contributed by atoms with E-state index in [9.17, 15) is 4.79 Å². The SMILES string of the molecule is CCc1ccc(OCCC(=O)NCc2ccncc2)cc1. The zero-order chi connectivity index (χ0) is 14.9. The molecule has 2 rings (SSSR count). The molecule has 2 aromatic rings. The predicted octanol–water partition coefficient (Wildman–Crippen LogP) is 2.73. The number of ether oxygens (including phenoxy) is 1. The van der Waals surface area contributed by atoms with E-state index < -0.39 is 0 Å². The summed E-state index contributed by atoms with van der Waals surface area (Å²) < 4.78 is 5.56. The second kappa shape index (κ2) is 8.04. The molecule has 1 amide bonds. The first-order chi connectivity index (χ1) is 10.3. The van der Waals surface area contributed by atoms with Gasteiger partial charge in [0.1, 0.15) is 5.75 Å². The Morgan fingerprint density at radius 3 is 2.48 bits per heavy atom. The van der Waals surface area contributed by atoms with Gasteiger partial charge in [0, 0.05) is 18.9 Å². The van der Waals surface area contributed by atoms with Crippen LogP contribution in [0.3, 0.4) is 0 Å². The van der Waals surface area contributed by atoms with Crippen LogP contribution < -0.4 is 10.1 Å². The summed E-state index contributed by atoms with van der Waals surface area (Å²) >= 11 is 0. The summed E-state index contributed by atoms with van der Waals surface area (Å²) in [4.78, 5) is 15.6. The Hall–Kier alpha value is -2.36. The monoisotopic (exact) mass is 284 g/mol.